The summed E-state index contributed by atoms with van der Waals surface area (Å²) in [5.41, 5.74) is 1.13. The minimum Gasteiger partial charge on any atom is -0.465 e. The van der Waals surface area contributed by atoms with Gasteiger partial charge in [0.15, 0.2) is 0 Å². The first kappa shape index (κ1) is 26.6. The van der Waals surface area contributed by atoms with Gasteiger partial charge >= 0.3 is 6.09 Å². The summed E-state index contributed by atoms with van der Waals surface area (Å²) in [6.07, 6.45) is 6.65. The number of anilines is 3. The van der Waals surface area contributed by atoms with Crippen LogP contribution in [-0.4, -0.2) is 50.9 Å². The lowest BCUT2D eigenvalue weighted by atomic mass is 10.2. The number of ether oxygens (including phenoxy) is 2. The van der Waals surface area contributed by atoms with Crippen LogP contribution in [0.25, 0.3) is 5.76 Å². The molecule has 10 nitrogen and oxygen atoms in total. The van der Waals surface area contributed by atoms with Gasteiger partial charge < -0.3 is 25.2 Å². The number of aromatic nitrogens is 2. The van der Waals surface area contributed by atoms with Gasteiger partial charge in [0.2, 0.25) is 5.95 Å². The van der Waals surface area contributed by atoms with Crippen molar-refractivity contribution in [2.24, 2.45) is 4.36 Å². The van der Waals surface area contributed by atoms with Crippen LogP contribution in [0.15, 0.2) is 71.3 Å². The molecular weight excluding hydrogens is 458 g/mol. The fraction of sp³-hybridized carbons (Fsp3) is 0.261. The third-order valence-electron chi connectivity index (χ3n) is 4.24. The molecule has 1 amide bonds. The topological polar surface area (TPSA) is 135 Å². The molecule has 0 aliphatic rings. The highest BCUT2D eigenvalue weighted by atomic mass is 32.2. The van der Waals surface area contributed by atoms with E-state index in [0.29, 0.717) is 27.7 Å². The van der Waals surface area contributed by atoms with E-state index in [0.717, 1.165) is 0 Å². The molecule has 2 atom stereocenters. The number of rotatable bonds is 11. The van der Waals surface area contributed by atoms with Gasteiger partial charge in [-0.25, -0.2) is 14.0 Å². The summed E-state index contributed by atoms with van der Waals surface area (Å²) in [5.74, 6) is 0.995. The van der Waals surface area contributed by atoms with E-state index in [2.05, 4.69) is 38.1 Å². The zero-order valence-electron chi connectivity index (χ0n) is 19.4. The van der Waals surface area contributed by atoms with Crippen molar-refractivity contribution in [2.45, 2.75) is 24.8 Å². The Balaban J connectivity index is 2.27. The van der Waals surface area contributed by atoms with Gasteiger partial charge in [0, 0.05) is 29.1 Å². The maximum Gasteiger partial charge on any atom is 0.442 e. The van der Waals surface area contributed by atoms with Crippen molar-refractivity contribution in [3.05, 3.63) is 67.6 Å². The molecule has 2 aromatic rings. The highest BCUT2D eigenvalue weighted by Gasteiger charge is 2.14. The van der Waals surface area contributed by atoms with E-state index in [4.69, 9.17) is 9.47 Å². The lowest BCUT2D eigenvalue weighted by Gasteiger charge is -2.17. The van der Waals surface area contributed by atoms with Gasteiger partial charge in [-0.05, 0) is 44.2 Å². The normalized spacial score (nSPS) is 13.4. The summed E-state index contributed by atoms with van der Waals surface area (Å²) < 4.78 is 26.6. The lowest BCUT2D eigenvalue weighted by Crippen LogP contribution is -2.21. The van der Waals surface area contributed by atoms with Crippen molar-refractivity contribution in [1.82, 2.24) is 9.97 Å². The summed E-state index contributed by atoms with van der Waals surface area (Å²) >= 11 is 0. The van der Waals surface area contributed by atoms with Crippen molar-refractivity contribution in [3.8, 4) is 0 Å². The van der Waals surface area contributed by atoms with Crippen LogP contribution in [0.3, 0.4) is 0 Å². The van der Waals surface area contributed by atoms with Crippen molar-refractivity contribution < 1.29 is 23.6 Å². The summed E-state index contributed by atoms with van der Waals surface area (Å²) in [6, 6.07) is 6.25. The van der Waals surface area contributed by atoms with Gasteiger partial charge in [-0.3, -0.25) is 0 Å². The fourth-order valence-electron chi connectivity index (χ4n) is 2.54. The average molecular weight is 488 g/mol. The largest absolute Gasteiger partial charge is 0.465 e. The Kier molecular flexibility index (Phi) is 9.77. The number of benzene rings is 1. The Hall–Kier alpha value is -3.70. The third-order valence-corrected chi connectivity index (χ3v) is 5.88. The maximum absolute atomic E-state index is 12.7. The van der Waals surface area contributed by atoms with E-state index in [1.807, 2.05) is 0 Å². The molecule has 0 aliphatic heterocycles. The summed E-state index contributed by atoms with van der Waals surface area (Å²) in [4.78, 5) is 20.7. The van der Waals surface area contributed by atoms with E-state index in [9.17, 15) is 14.1 Å². The first-order valence-electron chi connectivity index (χ1n) is 10.3. The molecule has 34 heavy (non-hydrogen) atoms. The number of aliphatic hydroxyl groups excluding tert-OH is 1. The number of hydrogen-bond acceptors (Lipinski definition) is 9. The van der Waals surface area contributed by atoms with Gasteiger partial charge in [-0.15, -0.1) is 4.36 Å². The molecule has 1 aromatic heterocycles. The van der Waals surface area contributed by atoms with Crippen molar-refractivity contribution in [3.63, 3.8) is 0 Å². The number of allylic oxidation sites excluding steroid dienone is 2. The van der Waals surface area contributed by atoms with Crippen molar-refractivity contribution in [2.75, 3.05) is 30.1 Å². The molecule has 0 radical (unpaired) electrons. The maximum atomic E-state index is 12.7. The zero-order chi connectivity index (χ0) is 25.1. The van der Waals surface area contributed by atoms with Gasteiger partial charge in [0.25, 0.3) is 0 Å². The molecule has 1 heterocycles. The second-order valence-corrected chi connectivity index (χ2v) is 9.29. The second-order valence-electron chi connectivity index (χ2n) is 7.03. The Bertz CT molecular complexity index is 1170. The van der Waals surface area contributed by atoms with Gasteiger partial charge in [-0.1, -0.05) is 19.2 Å². The Morgan fingerprint density at radius 1 is 1.35 bits per heavy atom. The summed E-state index contributed by atoms with van der Waals surface area (Å²) in [6.45, 7) is 11.0. The van der Waals surface area contributed by atoms with E-state index < -0.39 is 15.8 Å². The first-order valence-corrected chi connectivity index (χ1v) is 12.3. The molecule has 0 aliphatic carbocycles. The number of carbonyl (C=O) groups excluding carboxylic acids is 1. The average Bonchev–Trinajstić information content (AvgIpc) is 2.79. The standard InChI is InChI=1S/C23H29N5O5S/c1-6-8-13-33-17(4)20-14-24-22(27-21(20)25-16(3)15-29)26-18-9-11-19(12-10-18)34(5,31)28-23(30)32-7-2/h6,8-14,16,29H,1,4,7,15H2,2-3,5H3,(H2,24,25,26,27)/b13-8-/t16-,34?/m1/s1. The van der Waals surface area contributed by atoms with Crippen LogP contribution in [-0.2, 0) is 19.2 Å². The molecule has 0 spiro atoms. The molecule has 1 unspecified atom stereocenters. The predicted octanol–water partition coefficient (Wildman–Crippen LogP) is 4.31. The zero-order valence-corrected chi connectivity index (χ0v) is 20.2. The van der Waals surface area contributed by atoms with E-state index >= 15 is 0 Å². The van der Waals surface area contributed by atoms with Crippen LogP contribution in [0.5, 0.6) is 0 Å². The molecular formula is C23H29N5O5S. The van der Waals surface area contributed by atoms with Gasteiger partial charge in [0.05, 0.1) is 34.8 Å². The number of aliphatic hydroxyl groups is 1. The van der Waals surface area contributed by atoms with E-state index in [-0.39, 0.29) is 25.2 Å². The SMILES string of the molecule is C=C/C=C\OC(=C)c1cnc(Nc2ccc(S(C)(=O)=NC(=O)OCC)cc2)nc1N[C@H](C)CO. The van der Waals surface area contributed by atoms with Crippen molar-refractivity contribution >= 4 is 39.0 Å². The second kappa shape index (κ2) is 12.5. The van der Waals surface area contributed by atoms with Crippen LogP contribution in [0.4, 0.5) is 22.2 Å². The Labute approximate surface area is 199 Å². The molecule has 0 bridgehead atoms. The number of nitrogens with one attached hydrogen (secondary N) is 2. The highest BCUT2D eigenvalue weighted by molar-refractivity contribution is 7.93. The molecule has 2 rings (SSSR count). The Morgan fingerprint density at radius 3 is 2.68 bits per heavy atom. The Morgan fingerprint density at radius 2 is 2.06 bits per heavy atom. The van der Waals surface area contributed by atoms with E-state index in [1.54, 1.807) is 50.3 Å². The van der Waals surface area contributed by atoms with Crippen LogP contribution in [0.2, 0.25) is 0 Å². The molecule has 0 fully saturated rings. The minimum atomic E-state index is -2.95. The van der Waals surface area contributed by atoms with E-state index in [1.165, 1.54) is 18.7 Å². The third kappa shape index (κ3) is 7.71. The lowest BCUT2D eigenvalue weighted by molar-refractivity contribution is 0.164. The molecule has 0 saturated carbocycles. The van der Waals surface area contributed by atoms with Crippen molar-refractivity contribution in [1.29, 1.82) is 0 Å². The quantitative estimate of drug-likeness (QED) is 0.313. The summed E-state index contributed by atoms with van der Waals surface area (Å²) in [5, 5.41) is 15.6. The number of amides is 1. The van der Waals surface area contributed by atoms with Gasteiger partial charge in [-0.2, -0.15) is 4.98 Å². The van der Waals surface area contributed by atoms with Gasteiger partial charge in [0.1, 0.15) is 11.6 Å². The van der Waals surface area contributed by atoms with Crippen LogP contribution in [0, 0.1) is 0 Å². The molecule has 11 heteroatoms. The van der Waals surface area contributed by atoms with Crippen LogP contribution in [0.1, 0.15) is 19.4 Å². The fourth-order valence-corrected chi connectivity index (χ4v) is 3.62. The monoisotopic (exact) mass is 487 g/mol. The van der Waals surface area contributed by atoms with Crippen LogP contribution < -0.4 is 10.6 Å². The minimum absolute atomic E-state index is 0.107. The molecule has 0 saturated heterocycles. The number of carbonyl (C=O) groups is 1. The number of hydrogen-bond donors (Lipinski definition) is 3. The predicted molar refractivity (Wildman–Crippen MR) is 133 cm³/mol. The molecule has 3 N–H and O–H groups in total. The smallest absolute Gasteiger partial charge is 0.442 e. The molecule has 182 valence electrons. The highest BCUT2D eigenvalue weighted by Crippen LogP contribution is 2.25. The van der Waals surface area contributed by atoms with Crippen LogP contribution >= 0.6 is 0 Å². The summed E-state index contributed by atoms with van der Waals surface area (Å²) in [7, 11) is -2.95. The number of nitrogens with zero attached hydrogens (tertiary/aromatic N) is 3. The molecule has 1 aromatic carbocycles. The first-order chi connectivity index (χ1) is 16.2.